The number of amides is 1. The summed E-state index contributed by atoms with van der Waals surface area (Å²) in [5.74, 6) is -0.0422. The third-order valence-corrected chi connectivity index (χ3v) is 4.75. The van der Waals surface area contributed by atoms with E-state index in [4.69, 9.17) is 0 Å². The van der Waals surface area contributed by atoms with Crippen molar-refractivity contribution in [2.75, 3.05) is 0 Å². The number of hydrogen-bond donors (Lipinski definition) is 1. The number of nitrogens with zero attached hydrogens (tertiary/aromatic N) is 2. The second-order valence-corrected chi connectivity index (χ2v) is 6.53. The van der Waals surface area contributed by atoms with Crippen molar-refractivity contribution in [1.82, 2.24) is 14.9 Å². The van der Waals surface area contributed by atoms with Gasteiger partial charge in [0.25, 0.3) is 5.91 Å². The molecule has 0 bridgehead atoms. The molecule has 0 saturated heterocycles. The highest BCUT2D eigenvalue weighted by molar-refractivity contribution is 7.09. The molecular weight excluding hydrogens is 306 g/mol. The summed E-state index contributed by atoms with van der Waals surface area (Å²) in [7, 11) is 0. The van der Waals surface area contributed by atoms with E-state index < -0.39 is 0 Å². The molecule has 3 aromatic rings. The Balaban J connectivity index is 1.73. The van der Waals surface area contributed by atoms with Crippen molar-refractivity contribution in [1.29, 1.82) is 0 Å². The molecule has 0 aliphatic heterocycles. The molecule has 3 rings (SSSR count). The van der Waals surface area contributed by atoms with E-state index in [1.165, 1.54) is 4.88 Å². The Kier molecular flexibility index (Phi) is 4.57. The first-order chi connectivity index (χ1) is 11.1. The summed E-state index contributed by atoms with van der Waals surface area (Å²) in [6, 6.07) is 9.95. The van der Waals surface area contributed by atoms with Gasteiger partial charge in [-0.2, -0.15) is 0 Å². The lowest BCUT2D eigenvalue weighted by Crippen LogP contribution is -2.23. The fourth-order valence-corrected chi connectivity index (χ4v) is 3.31. The first-order valence-corrected chi connectivity index (χ1v) is 8.39. The molecule has 0 saturated carbocycles. The molecular formula is C18H19N3OS. The fourth-order valence-electron chi connectivity index (χ4n) is 2.61. The van der Waals surface area contributed by atoms with Gasteiger partial charge in [0.05, 0.1) is 12.1 Å². The van der Waals surface area contributed by atoms with Gasteiger partial charge in [0.2, 0.25) is 0 Å². The first kappa shape index (κ1) is 15.5. The van der Waals surface area contributed by atoms with Crippen molar-refractivity contribution in [2.24, 2.45) is 0 Å². The van der Waals surface area contributed by atoms with Gasteiger partial charge in [-0.25, -0.2) is 0 Å². The van der Waals surface area contributed by atoms with Gasteiger partial charge in [-0.15, -0.1) is 11.3 Å². The molecule has 0 unspecified atom stereocenters. The van der Waals surface area contributed by atoms with Gasteiger partial charge in [0.1, 0.15) is 0 Å². The lowest BCUT2D eigenvalue weighted by molar-refractivity contribution is 0.0950. The summed E-state index contributed by atoms with van der Waals surface area (Å²) in [4.78, 5) is 17.8. The maximum atomic E-state index is 12.5. The van der Waals surface area contributed by atoms with Gasteiger partial charge in [-0.1, -0.05) is 12.1 Å². The largest absolute Gasteiger partial charge is 0.348 e. The smallest absolute Gasteiger partial charge is 0.253 e. The lowest BCUT2D eigenvalue weighted by Gasteiger charge is -2.09. The molecule has 0 aliphatic carbocycles. The number of aromatic nitrogens is 2. The van der Waals surface area contributed by atoms with E-state index in [0.717, 1.165) is 29.1 Å². The maximum absolute atomic E-state index is 12.5. The van der Waals surface area contributed by atoms with Crippen LogP contribution in [0.15, 0.2) is 48.1 Å². The van der Waals surface area contributed by atoms with E-state index in [9.17, 15) is 4.79 Å². The highest BCUT2D eigenvalue weighted by Gasteiger charge is 2.15. The van der Waals surface area contributed by atoms with Crippen LogP contribution in [-0.2, 0) is 13.1 Å². The quantitative estimate of drug-likeness (QED) is 0.780. The number of rotatable bonds is 5. The Hall–Kier alpha value is -2.40. The molecule has 5 heteroatoms. The Morgan fingerprint density at radius 3 is 2.87 bits per heavy atom. The van der Waals surface area contributed by atoms with E-state index in [-0.39, 0.29) is 5.91 Å². The van der Waals surface area contributed by atoms with Crippen molar-refractivity contribution in [3.63, 3.8) is 0 Å². The van der Waals surface area contributed by atoms with Crippen LogP contribution in [0.5, 0.6) is 0 Å². The third kappa shape index (κ3) is 3.51. The van der Waals surface area contributed by atoms with Crippen LogP contribution in [0.25, 0.3) is 0 Å². The normalized spacial score (nSPS) is 10.7. The Bertz CT molecular complexity index is 791. The van der Waals surface area contributed by atoms with Gasteiger partial charge in [0, 0.05) is 35.2 Å². The maximum Gasteiger partial charge on any atom is 0.253 e. The van der Waals surface area contributed by atoms with Crippen LogP contribution in [0.2, 0.25) is 0 Å². The fraction of sp³-hybridized carbons (Fsp3) is 0.222. The summed E-state index contributed by atoms with van der Waals surface area (Å²) in [6.07, 6.45) is 3.49. The molecule has 23 heavy (non-hydrogen) atoms. The molecule has 0 fully saturated rings. The topological polar surface area (TPSA) is 46.9 Å². The Labute approximate surface area is 139 Å². The second-order valence-electron chi connectivity index (χ2n) is 5.49. The van der Waals surface area contributed by atoms with Gasteiger partial charge in [-0.05, 0) is 43.0 Å². The summed E-state index contributed by atoms with van der Waals surface area (Å²) in [6.45, 7) is 5.34. The molecule has 3 heterocycles. The van der Waals surface area contributed by atoms with Crippen molar-refractivity contribution < 1.29 is 4.79 Å². The number of thiophene rings is 1. The second kappa shape index (κ2) is 6.79. The molecule has 118 valence electrons. The highest BCUT2D eigenvalue weighted by atomic mass is 32.1. The number of aryl methyl sites for hydroxylation is 1. The van der Waals surface area contributed by atoms with E-state index in [2.05, 4.69) is 32.4 Å². The number of nitrogens with one attached hydrogen (secondary N) is 1. The average molecular weight is 325 g/mol. The summed E-state index contributed by atoms with van der Waals surface area (Å²) in [5, 5.41) is 5.04. The van der Waals surface area contributed by atoms with E-state index in [0.29, 0.717) is 6.54 Å². The van der Waals surface area contributed by atoms with Crippen LogP contribution in [0, 0.1) is 13.8 Å². The molecule has 3 aromatic heterocycles. The monoisotopic (exact) mass is 325 g/mol. The zero-order valence-electron chi connectivity index (χ0n) is 13.2. The van der Waals surface area contributed by atoms with E-state index in [1.54, 1.807) is 23.7 Å². The van der Waals surface area contributed by atoms with Crippen LogP contribution in [-0.4, -0.2) is 15.5 Å². The molecule has 1 N–H and O–H groups in total. The molecule has 0 aliphatic rings. The highest BCUT2D eigenvalue weighted by Crippen LogP contribution is 2.19. The minimum atomic E-state index is -0.0422. The third-order valence-electron chi connectivity index (χ3n) is 3.89. The van der Waals surface area contributed by atoms with Crippen LogP contribution >= 0.6 is 11.3 Å². The predicted octanol–water partition coefficient (Wildman–Crippen LogP) is 3.54. The number of carbonyl (C=O) groups is 1. The van der Waals surface area contributed by atoms with Gasteiger partial charge in [0.15, 0.2) is 0 Å². The minimum Gasteiger partial charge on any atom is -0.348 e. The van der Waals surface area contributed by atoms with E-state index >= 15 is 0 Å². The van der Waals surface area contributed by atoms with Crippen molar-refractivity contribution in [3.8, 4) is 0 Å². The molecule has 0 radical (unpaired) electrons. The lowest BCUT2D eigenvalue weighted by atomic mass is 10.2. The van der Waals surface area contributed by atoms with Crippen LogP contribution in [0.4, 0.5) is 0 Å². The van der Waals surface area contributed by atoms with Gasteiger partial charge in [-0.3, -0.25) is 9.78 Å². The summed E-state index contributed by atoms with van der Waals surface area (Å²) >= 11 is 1.73. The average Bonchev–Trinajstić information content (AvgIpc) is 3.17. The van der Waals surface area contributed by atoms with Crippen molar-refractivity contribution >= 4 is 17.2 Å². The van der Waals surface area contributed by atoms with E-state index in [1.807, 2.05) is 32.0 Å². The van der Waals surface area contributed by atoms with Crippen LogP contribution < -0.4 is 5.32 Å². The van der Waals surface area contributed by atoms with Crippen molar-refractivity contribution in [3.05, 3.63) is 75.5 Å². The zero-order valence-corrected chi connectivity index (χ0v) is 14.1. The van der Waals surface area contributed by atoms with Crippen LogP contribution in [0.1, 0.15) is 32.2 Å². The first-order valence-electron chi connectivity index (χ1n) is 7.51. The van der Waals surface area contributed by atoms with Crippen LogP contribution in [0.3, 0.4) is 0 Å². The van der Waals surface area contributed by atoms with Gasteiger partial charge >= 0.3 is 0 Å². The molecule has 1 amide bonds. The van der Waals surface area contributed by atoms with Gasteiger partial charge < -0.3 is 9.88 Å². The SMILES string of the molecule is Cc1cc(C(=O)NCc2cccnc2)c(C)n1Cc1cccs1. The van der Waals surface area contributed by atoms with Crippen molar-refractivity contribution in [2.45, 2.75) is 26.9 Å². The molecule has 4 nitrogen and oxygen atoms in total. The number of carbonyl (C=O) groups excluding carboxylic acids is 1. The summed E-state index contributed by atoms with van der Waals surface area (Å²) < 4.78 is 2.19. The predicted molar refractivity (Wildman–Crippen MR) is 92.7 cm³/mol. The minimum absolute atomic E-state index is 0.0422. The zero-order chi connectivity index (χ0) is 16.2. The summed E-state index contributed by atoms with van der Waals surface area (Å²) in [5.41, 5.74) is 3.83. The Morgan fingerprint density at radius 2 is 2.17 bits per heavy atom. The molecule has 0 spiro atoms. The molecule has 0 aromatic carbocycles. The standard InChI is InChI=1S/C18H19N3OS/c1-13-9-17(14(2)21(13)12-16-6-4-8-23-16)18(22)20-11-15-5-3-7-19-10-15/h3-10H,11-12H2,1-2H3,(H,20,22). The Morgan fingerprint density at radius 1 is 1.30 bits per heavy atom. The number of hydrogen-bond acceptors (Lipinski definition) is 3. The number of pyridine rings is 1. The molecule has 0 atom stereocenters.